The molecule has 0 unspecified atom stereocenters. The van der Waals surface area contributed by atoms with Crippen molar-refractivity contribution in [3.05, 3.63) is 66.4 Å². The van der Waals surface area contributed by atoms with E-state index in [0.717, 1.165) is 11.3 Å². The van der Waals surface area contributed by atoms with Gasteiger partial charge in [-0.05, 0) is 36.4 Å². The van der Waals surface area contributed by atoms with Crippen LogP contribution in [0.3, 0.4) is 0 Å². The van der Waals surface area contributed by atoms with Crippen molar-refractivity contribution in [1.82, 2.24) is 20.3 Å². The fraction of sp³-hybridized carbons (Fsp3) is 0.0625. The van der Waals surface area contributed by atoms with E-state index < -0.39 is 0 Å². The van der Waals surface area contributed by atoms with Crippen molar-refractivity contribution in [3.8, 4) is 17.0 Å². The second-order valence-corrected chi connectivity index (χ2v) is 4.71. The highest BCUT2D eigenvalue weighted by Gasteiger charge is 2.07. The molecular formula is C16H14N4O2. The van der Waals surface area contributed by atoms with Crippen molar-refractivity contribution >= 4 is 5.91 Å². The molecule has 2 heterocycles. The van der Waals surface area contributed by atoms with E-state index in [1.165, 1.54) is 12.1 Å². The summed E-state index contributed by atoms with van der Waals surface area (Å²) in [5.41, 5.74) is 2.34. The molecule has 3 rings (SSSR count). The Morgan fingerprint density at radius 1 is 1.14 bits per heavy atom. The van der Waals surface area contributed by atoms with Crippen molar-refractivity contribution in [1.29, 1.82) is 0 Å². The summed E-state index contributed by atoms with van der Waals surface area (Å²) in [6.45, 7) is 0.296. The molecule has 0 saturated heterocycles. The topological polar surface area (TPSA) is 90.9 Å². The van der Waals surface area contributed by atoms with E-state index in [1.54, 1.807) is 30.7 Å². The Hall–Kier alpha value is -3.15. The molecule has 22 heavy (non-hydrogen) atoms. The van der Waals surface area contributed by atoms with Gasteiger partial charge in [-0.25, -0.2) is 4.98 Å². The Bertz CT molecular complexity index is 766. The molecule has 0 aliphatic rings. The fourth-order valence-electron chi connectivity index (χ4n) is 2.01. The van der Waals surface area contributed by atoms with Crippen LogP contribution < -0.4 is 5.32 Å². The number of pyridine rings is 1. The Labute approximate surface area is 126 Å². The van der Waals surface area contributed by atoms with Gasteiger partial charge in [-0.2, -0.15) is 0 Å². The first-order chi connectivity index (χ1) is 10.7. The molecule has 0 saturated carbocycles. The Kier molecular flexibility index (Phi) is 3.82. The summed E-state index contributed by atoms with van der Waals surface area (Å²) in [5.74, 6) is 0.574. The van der Waals surface area contributed by atoms with Crippen LogP contribution in [0.15, 0.2) is 55.0 Å². The molecule has 0 atom stereocenters. The molecule has 0 fully saturated rings. The van der Waals surface area contributed by atoms with E-state index in [-0.39, 0.29) is 11.7 Å². The molecule has 1 amide bonds. The Balaban J connectivity index is 1.64. The van der Waals surface area contributed by atoms with Crippen LogP contribution in [0, 0.1) is 0 Å². The van der Waals surface area contributed by atoms with Crippen molar-refractivity contribution in [2.75, 3.05) is 0 Å². The maximum atomic E-state index is 12.0. The summed E-state index contributed by atoms with van der Waals surface area (Å²) >= 11 is 0. The molecular weight excluding hydrogens is 280 g/mol. The molecule has 3 aromatic rings. The number of rotatable bonds is 4. The highest BCUT2D eigenvalue weighted by Crippen LogP contribution is 2.15. The van der Waals surface area contributed by atoms with Crippen LogP contribution in [0.4, 0.5) is 0 Å². The average Bonchev–Trinajstić information content (AvgIpc) is 3.03. The van der Waals surface area contributed by atoms with Gasteiger partial charge in [0.1, 0.15) is 11.6 Å². The lowest BCUT2D eigenvalue weighted by Crippen LogP contribution is -2.23. The zero-order valence-electron chi connectivity index (χ0n) is 11.7. The van der Waals surface area contributed by atoms with Gasteiger partial charge in [0.15, 0.2) is 0 Å². The van der Waals surface area contributed by atoms with Crippen molar-refractivity contribution in [3.63, 3.8) is 0 Å². The minimum atomic E-state index is -0.220. The number of aromatic nitrogens is 3. The molecule has 6 heteroatoms. The number of aromatic hydroxyl groups is 1. The lowest BCUT2D eigenvalue weighted by atomic mass is 10.2. The summed E-state index contributed by atoms with van der Waals surface area (Å²) < 4.78 is 0. The number of aromatic amines is 1. The molecule has 2 aromatic heterocycles. The van der Waals surface area contributed by atoms with Crippen LogP contribution >= 0.6 is 0 Å². The van der Waals surface area contributed by atoms with Gasteiger partial charge < -0.3 is 15.4 Å². The number of hydrogen-bond acceptors (Lipinski definition) is 4. The van der Waals surface area contributed by atoms with Crippen LogP contribution in [0.1, 0.15) is 16.2 Å². The zero-order chi connectivity index (χ0) is 15.4. The third kappa shape index (κ3) is 3.12. The number of carbonyl (C=O) groups excluding carboxylic acids is 1. The van der Waals surface area contributed by atoms with Gasteiger partial charge in [-0.3, -0.25) is 9.78 Å². The minimum absolute atomic E-state index is 0.129. The standard InChI is InChI=1S/C16H14N4O2/c21-13-3-1-12(2-4-13)16(22)19-10-15-18-9-14(20-15)11-5-7-17-8-6-11/h1-9,21H,10H2,(H,18,20)(H,19,22). The van der Waals surface area contributed by atoms with Crippen molar-refractivity contribution < 1.29 is 9.90 Å². The van der Waals surface area contributed by atoms with Gasteiger partial charge in [0.2, 0.25) is 0 Å². The lowest BCUT2D eigenvalue weighted by molar-refractivity contribution is 0.0950. The fourth-order valence-corrected chi connectivity index (χ4v) is 2.01. The van der Waals surface area contributed by atoms with E-state index in [0.29, 0.717) is 17.9 Å². The van der Waals surface area contributed by atoms with Crippen molar-refractivity contribution in [2.24, 2.45) is 0 Å². The number of nitrogens with one attached hydrogen (secondary N) is 2. The summed E-state index contributed by atoms with van der Waals surface area (Å²) in [4.78, 5) is 23.3. The second-order valence-electron chi connectivity index (χ2n) is 4.71. The van der Waals surface area contributed by atoms with E-state index >= 15 is 0 Å². The van der Waals surface area contributed by atoms with Gasteiger partial charge >= 0.3 is 0 Å². The average molecular weight is 294 g/mol. The Morgan fingerprint density at radius 2 is 1.86 bits per heavy atom. The number of nitrogens with zero attached hydrogens (tertiary/aromatic N) is 2. The molecule has 0 aliphatic carbocycles. The SMILES string of the molecule is O=C(NCc1ncc(-c2ccncc2)[nH]1)c1ccc(O)cc1. The number of amides is 1. The van der Waals surface area contributed by atoms with Gasteiger partial charge in [0.25, 0.3) is 5.91 Å². The molecule has 1 aromatic carbocycles. The van der Waals surface area contributed by atoms with Crippen LogP contribution in [-0.4, -0.2) is 26.0 Å². The molecule has 3 N–H and O–H groups in total. The number of phenolic OH excluding ortho intramolecular Hbond substituents is 1. The summed E-state index contributed by atoms with van der Waals surface area (Å²) in [7, 11) is 0. The van der Waals surface area contributed by atoms with Crippen LogP contribution in [-0.2, 0) is 6.54 Å². The van der Waals surface area contributed by atoms with Crippen molar-refractivity contribution in [2.45, 2.75) is 6.54 Å². The number of phenols is 1. The number of carbonyl (C=O) groups is 1. The van der Waals surface area contributed by atoms with Crippen LogP contribution in [0.25, 0.3) is 11.3 Å². The number of hydrogen-bond donors (Lipinski definition) is 3. The van der Waals surface area contributed by atoms with Crippen LogP contribution in [0.5, 0.6) is 5.75 Å². The van der Waals surface area contributed by atoms with Gasteiger partial charge in [-0.1, -0.05) is 0 Å². The van der Waals surface area contributed by atoms with E-state index in [4.69, 9.17) is 0 Å². The first-order valence-corrected chi connectivity index (χ1v) is 6.74. The molecule has 0 aliphatic heterocycles. The van der Waals surface area contributed by atoms with Gasteiger partial charge in [0.05, 0.1) is 18.4 Å². The van der Waals surface area contributed by atoms with E-state index in [1.807, 2.05) is 12.1 Å². The predicted octanol–water partition coefficient (Wildman–Crippen LogP) is 2.11. The maximum Gasteiger partial charge on any atom is 0.251 e. The molecule has 110 valence electrons. The molecule has 0 spiro atoms. The Morgan fingerprint density at radius 3 is 2.59 bits per heavy atom. The normalized spacial score (nSPS) is 10.4. The maximum absolute atomic E-state index is 12.0. The first kappa shape index (κ1) is 13.8. The number of benzene rings is 1. The zero-order valence-corrected chi connectivity index (χ0v) is 11.7. The number of H-pyrrole nitrogens is 1. The summed E-state index contributed by atoms with van der Waals surface area (Å²) in [5, 5.41) is 12.0. The largest absolute Gasteiger partial charge is 0.508 e. The van der Waals surface area contributed by atoms with E-state index in [9.17, 15) is 9.90 Å². The third-order valence-corrected chi connectivity index (χ3v) is 3.17. The molecule has 0 radical (unpaired) electrons. The highest BCUT2D eigenvalue weighted by atomic mass is 16.3. The quantitative estimate of drug-likeness (QED) is 0.687. The van der Waals surface area contributed by atoms with E-state index in [2.05, 4.69) is 20.3 Å². The third-order valence-electron chi connectivity index (χ3n) is 3.17. The summed E-state index contributed by atoms with van der Waals surface area (Å²) in [6.07, 6.45) is 5.14. The second kappa shape index (κ2) is 6.09. The highest BCUT2D eigenvalue weighted by molar-refractivity contribution is 5.94. The smallest absolute Gasteiger partial charge is 0.251 e. The number of imidazole rings is 1. The van der Waals surface area contributed by atoms with Gasteiger partial charge in [0, 0.05) is 23.5 Å². The lowest BCUT2D eigenvalue weighted by Gasteiger charge is -2.03. The van der Waals surface area contributed by atoms with Gasteiger partial charge in [-0.15, -0.1) is 0 Å². The van der Waals surface area contributed by atoms with Crippen LogP contribution in [0.2, 0.25) is 0 Å². The predicted molar refractivity (Wildman–Crippen MR) is 81.1 cm³/mol. The molecule has 6 nitrogen and oxygen atoms in total. The monoisotopic (exact) mass is 294 g/mol. The summed E-state index contributed by atoms with van der Waals surface area (Å²) in [6, 6.07) is 9.84. The first-order valence-electron chi connectivity index (χ1n) is 6.74. The minimum Gasteiger partial charge on any atom is -0.508 e. The molecule has 0 bridgehead atoms.